The van der Waals surface area contributed by atoms with Gasteiger partial charge in [-0.1, -0.05) is 6.07 Å². The average molecular weight is 391 g/mol. The number of methoxy groups -OCH3 is 1. The molecular formula is C21H21N5O3. The van der Waals surface area contributed by atoms with Gasteiger partial charge in [0, 0.05) is 30.9 Å². The third-order valence-electron chi connectivity index (χ3n) is 4.81. The number of aromatic nitrogens is 3. The van der Waals surface area contributed by atoms with Gasteiger partial charge in [-0.3, -0.25) is 14.5 Å². The lowest BCUT2D eigenvalue weighted by molar-refractivity contribution is -0.122. The second kappa shape index (κ2) is 7.75. The van der Waals surface area contributed by atoms with Gasteiger partial charge in [0.1, 0.15) is 11.6 Å². The lowest BCUT2D eigenvalue weighted by Gasteiger charge is -2.17. The van der Waals surface area contributed by atoms with Crippen LogP contribution in [0.25, 0.3) is 5.82 Å². The monoisotopic (exact) mass is 391 g/mol. The molecule has 8 heteroatoms. The fourth-order valence-electron chi connectivity index (χ4n) is 3.35. The molecule has 1 atom stereocenters. The van der Waals surface area contributed by atoms with Crippen LogP contribution in [-0.4, -0.2) is 40.2 Å². The molecule has 3 heterocycles. The number of hydrogen-bond donors (Lipinski definition) is 1. The highest BCUT2D eigenvalue weighted by molar-refractivity contribution is 6.03. The van der Waals surface area contributed by atoms with Crippen molar-refractivity contribution >= 4 is 23.3 Å². The van der Waals surface area contributed by atoms with E-state index in [0.717, 1.165) is 5.69 Å². The molecule has 0 spiro atoms. The molecule has 1 aliphatic rings. The SMILES string of the molecule is COc1ccc(NC(=O)[C@@H]2CC(=O)N(c3cc(C)nn3-c3ccccn3)C2)cc1. The molecule has 2 aromatic heterocycles. The van der Waals surface area contributed by atoms with Crippen LogP contribution < -0.4 is 15.0 Å². The van der Waals surface area contributed by atoms with Crippen molar-refractivity contribution < 1.29 is 14.3 Å². The number of ether oxygens (including phenoxy) is 1. The minimum atomic E-state index is -0.447. The Hall–Kier alpha value is -3.68. The summed E-state index contributed by atoms with van der Waals surface area (Å²) in [6.45, 7) is 2.15. The number of aryl methyl sites for hydroxylation is 1. The highest BCUT2D eigenvalue weighted by Gasteiger charge is 2.37. The first-order valence-corrected chi connectivity index (χ1v) is 9.28. The third-order valence-corrected chi connectivity index (χ3v) is 4.81. The lowest BCUT2D eigenvalue weighted by Crippen LogP contribution is -2.29. The number of benzene rings is 1. The maximum Gasteiger partial charge on any atom is 0.229 e. The van der Waals surface area contributed by atoms with Gasteiger partial charge in [0.05, 0.1) is 18.7 Å². The average Bonchev–Trinajstić information content (AvgIpc) is 3.31. The topological polar surface area (TPSA) is 89.4 Å². The van der Waals surface area contributed by atoms with Gasteiger partial charge in [-0.2, -0.15) is 9.78 Å². The number of hydrogen-bond acceptors (Lipinski definition) is 5. The number of carbonyl (C=O) groups excluding carboxylic acids is 2. The van der Waals surface area contributed by atoms with E-state index in [4.69, 9.17) is 4.74 Å². The maximum absolute atomic E-state index is 12.7. The number of amides is 2. The van der Waals surface area contributed by atoms with Gasteiger partial charge in [-0.25, -0.2) is 4.98 Å². The predicted octanol–water partition coefficient (Wildman–Crippen LogP) is 2.58. The number of rotatable bonds is 5. The van der Waals surface area contributed by atoms with E-state index in [2.05, 4.69) is 15.4 Å². The van der Waals surface area contributed by atoms with Gasteiger partial charge in [-0.15, -0.1) is 0 Å². The minimum Gasteiger partial charge on any atom is -0.497 e. The van der Waals surface area contributed by atoms with Crippen LogP contribution in [0, 0.1) is 12.8 Å². The van der Waals surface area contributed by atoms with Gasteiger partial charge in [0.15, 0.2) is 5.82 Å². The zero-order chi connectivity index (χ0) is 20.4. The molecule has 0 saturated carbocycles. The molecule has 3 aromatic rings. The lowest BCUT2D eigenvalue weighted by atomic mass is 10.1. The van der Waals surface area contributed by atoms with E-state index in [-0.39, 0.29) is 18.2 Å². The van der Waals surface area contributed by atoms with Crippen molar-refractivity contribution in [2.75, 3.05) is 23.9 Å². The van der Waals surface area contributed by atoms with Gasteiger partial charge in [-0.05, 0) is 43.3 Å². The first kappa shape index (κ1) is 18.7. The van der Waals surface area contributed by atoms with E-state index in [0.29, 0.717) is 29.6 Å². The first-order valence-electron chi connectivity index (χ1n) is 9.28. The van der Waals surface area contributed by atoms with Crippen molar-refractivity contribution in [3.8, 4) is 11.6 Å². The summed E-state index contributed by atoms with van der Waals surface area (Å²) in [6, 6.07) is 14.4. The van der Waals surface area contributed by atoms with E-state index in [1.54, 1.807) is 47.2 Å². The van der Waals surface area contributed by atoms with Crippen LogP contribution in [0.4, 0.5) is 11.5 Å². The van der Waals surface area contributed by atoms with Crippen molar-refractivity contribution in [1.29, 1.82) is 0 Å². The fourth-order valence-corrected chi connectivity index (χ4v) is 3.35. The normalized spacial score (nSPS) is 16.1. The Morgan fingerprint density at radius 1 is 1.21 bits per heavy atom. The zero-order valence-corrected chi connectivity index (χ0v) is 16.2. The molecule has 1 N–H and O–H groups in total. The van der Waals surface area contributed by atoms with E-state index >= 15 is 0 Å². The van der Waals surface area contributed by atoms with Crippen LogP contribution in [0.3, 0.4) is 0 Å². The number of carbonyl (C=O) groups is 2. The molecule has 8 nitrogen and oxygen atoms in total. The van der Waals surface area contributed by atoms with Crippen LogP contribution in [0.1, 0.15) is 12.1 Å². The predicted molar refractivity (Wildman–Crippen MR) is 108 cm³/mol. The summed E-state index contributed by atoms with van der Waals surface area (Å²) in [4.78, 5) is 31.3. The quantitative estimate of drug-likeness (QED) is 0.722. The molecular weight excluding hydrogens is 370 g/mol. The van der Waals surface area contributed by atoms with Crippen molar-refractivity contribution in [3.63, 3.8) is 0 Å². The first-order chi connectivity index (χ1) is 14.0. The summed E-state index contributed by atoms with van der Waals surface area (Å²) in [7, 11) is 1.59. The van der Waals surface area contributed by atoms with Gasteiger partial charge in [0.2, 0.25) is 11.8 Å². The minimum absolute atomic E-state index is 0.114. The van der Waals surface area contributed by atoms with Crippen LogP contribution in [0.2, 0.25) is 0 Å². The Kier molecular flexibility index (Phi) is 4.99. The summed E-state index contributed by atoms with van der Waals surface area (Å²) >= 11 is 0. The largest absolute Gasteiger partial charge is 0.497 e. The van der Waals surface area contributed by atoms with E-state index in [1.807, 2.05) is 31.2 Å². The van der Waals surface area contributed by atoms with Crippen molar-refractivity contribution in [2.24, 2.45) is 5.92 Å². The Bertz CT molecular complexity index is 1030. The standard InChI is InChI=1S/C21H21N5O3/c1-14-11-19(26(24-14)18-5-3-4-10-22-18)25-13-15(12-20(25)27)21(28)23-16-6-8-17(29-2)9-7-16/h3-11,15H,12-13H2,1-2H3,(H,23,28)/t15-/m1/s1. The van der Waals surface area contributed by atoms with Crippen molar-refractivity contribution in [2.45, 2.75) is 13.3 Å². The Morgan fingerprint density at radius 3 is 2.69 bits per heavy atom. The Morgan fingerprint density at radius 2 is 2.00 bits per heavy atom. The van der Waals surface area contributed by atoms with Crippen molar-refractivity contribution in [3.05, 3.63) is 60.4 Å². The molecule has 1 aliphatic heterocycles. The molecule has 1 aromatic carbocycles. The molecule has 29 heavy (non-hydrogen) atoms. The molecule has 0 aliphatic carbocycles. The Labute approximate surface area is 168 Å². The fraction of sp³-hybridized carbons (Fsp3) is 0.238. The van der Waals surface area contributed by atoms with Crippen LogP contribution in [0.15, 0.2) is 54.7 Å². The second-order valence-corrected chi connectivity index (χ2v) is 6.87. The molecule has 0 radical (unpaired) electrons. The van der Waals surface area contributed by atoms with E-state index in [1.165, 1.54) is 0 Å². The molecule has 2 amide bonds. The third kappa shape index (κ3) is 3.82. The zero-order valence-electron chi connectivity index (χ0n) is 16.2. The van der Waals surface area contributed by atoms with Crippen molar-refractivity contribution in [1.82, 2.24) is 14.8 Å². The van der Waals surface area contributed by atoms with Gasteiger partial charge < -0.3 is 10.1 Å². The summed E-state index contributed by atoms with van der Waals surface area (Å²) in [5.74, 6) is 1.20. The van der Waals surface area contributed by atoms with Crippen LogP contribution >= 0.6 is 0 Å². The number of anilines is 2. The van der Waals surface area contributed by atoms with Crippen LogP contribution in [0.5, 0.6) is 5.75 Å². The summed E-state index contributed by atoms with van der Waals surface area (Å²) < 4.78 is 6.76. The summed E-state index contributed by atoms with van der Waals surface area (Å²) in [5, 5.41) is 7.33. The maximum atomic E-state index is 12.7. The summed E-state index contributed by atoms with van der Waals surface area (Å²) in [5.41, 5.74) is 1.43. The smallest absolute Gasteiger partial charge is 0.229 e. The summed E-state index contributed by atoms with van der Waals surface area (Å²) in [6.07, 6.45) is 1.82. The van der Waals surface area contributed by atoms with Gasteiger partial charge in [0.25, 0.3) is 0 Å². The van der Waals surface area contributed by atoms with E-state index in [9.17, 15) is 9.59 Å². The molecule has 4 rings (SSSR count). The van der Waals surface area contributed by atoms with E-state index < -0.39 is 5.92 Å². The molecule has 1 fully saturated rings. The molecule has 148 valence electrons. The highest BCUT2D eigenvalue weighted by atomic mass is 16.5. The number of pyridine rings is 1. The molecule has 0 bridgehead atoms. The van der Waals surface area contributed by atoms with Gasteiger partial charge >= 0.3 is 0 Å². The molecule has 0 unspecified atom stereocenters. The second-order valence-electron chi connectivity index (χ2n) is 6.87. The number of nitrogens with zero attached hydrogens (tertiary/aromatic N) is 4. The van der Waals surface area contributed by atoms with Crippen LogP contribution in [-0.2, 0) is 9.59 Å². The molecule has 1 saturated heterocycles. The highest BCUT2D eigenvalue weighted by Crippen LogP contribution is 2.28. The number of nitrogens with one attached hydrogen (secondary N) is 1. The Balaban J connectivity index is 1.52.